The van der Waals surface area contributed by atoms with Crippen molar-refractivity contribution in [3.8, 4) is 0 Å². The molecule has 0 atom stereocenters. The fourth-order valence-corrected chi connectivity index (χ4v) is 2.36. The summed E-state index contributed by atoms with van der Waals surface area (Å²) < 4.78 is 0. The Morgan fingerprint density at radius 3 is 2.16 bits per heavy atom. The lowest BCUT2D eigenvalue weighted by Gasteiger charge is -2.27. The van der Waals surface area contributed by atoms with E-state index >= 15 is 0 Å². The summed E-state index contributed by atoms with van der Waals surface area (Å²) in [5.41, 5.74) is 4.78. The molecule has 2 heteroatoms. The largest absolute Gasteiger partial charge is 0.346 e. The molecule has 0 bridgehead atoms. The van der Waals surface area contributed by atoms with Gasteiger partial charge >= 0.3 is 0 Å². The highest BCUT2D eigenvalue weighted by molar-refractivity contribution is 6.73. The van der Waals surface area contributed by atoms with Crippen molar-refractivity contribution in [2.24, 2.45) is 0 Å². The molecule has 0 radical (unpaired) electrons. The lowest BCUT2D eigenvalue weighted by atomic mass is 9.40. The second-order valence-electron chi connectivity index (χ2n) is 5.53. The number of nitrogens with zero attached hydrogens (tertiary/aromatic N) is 1. The van der Waals surface area contributed by atoms with Crippen LogP contribution in [0.15, 0.2) is 84.1 Å². The molecule has 0 amide bonds. The Morgan fingerprint density at radius 2 is 1.72 bits per heavy atom. The molecule has 0 aliphatic heterocycles. The zero-order chi connectivity index (χ0) is 19.8. The summed E-state index contributed by atoms with van der Waals surface area (Å²) in [5, 5.41) is 0. The van der Waals surface area contributed by atoms with Gasteiger partial charge in [0.2, 0.25) is 6.71 Å². The standard InChI is InChI=1S/C21H32BN.C2H6/c1-9-13-15-16-18(5)22(7)20(11-3)21(12-4)23(8)19(6)17-14-10-2;1-2/h10-17H,2,6,9H2,1,3-5,7-8H3;1-2H3/b15-13-,17-14-,18-16+,20-11+,21-12+;. The zero-order valence-corrected chi connectivity index (χ0v) is 17.8. The van der Waals surface area contributed by atoms with E-state index in [2.05, 4.69) is 90.0 Å². The minimum atomic E-state index is 0.353. The van der Waals surface area contributed by atoms with Gasteiger partial charge in [-0.05, 0) is 26.3 Å². The van der Waals surface area contributed by atoms with Gasteiger partial charge in [0.25, 0.3) is 0 Å². The Kier molecular flexibility index (Phi) is 15.7. The van der Waals surface area contributed by atoms with Crippen molar-refractivity contribution < 1.29 is 0 Å². The summed E-state index contributed by atoms with van der Waals surface area (Å²) in [7, 11) is 2.05. The predicted molar refractivity (Wildman–Crippen MR) is 120 cm³/mol. The van der Waals surface area contributed by atoms with Gasteiger partial charge in [0.1, 0.15) is 0 Å². The van der Waals surface area contributed by atoms with E-state index in [9.17, 15) is 0 Å². The topological polar surface area (TPSA) is 3.24 Å². The molecule has 138 valence electrons. The molecule has 0 rings (SSSR count). The fraction of sp³-hybridized carbons (Fsp3) is 0.391. The number of hydrogen-bond donors (Lipinski definition) is 0. The van der Waals surface area contributed by atoms with Crippen molar-refractivity contribution in [2.45, 2.75) is 54.8 Å². The SMILES string of the molecule is C=C/C=C\C(=C)N(C)C(=C/C)/C(=C\C)B(C)/C(C)=C/C=C\CC.CC. The van der Waals surface area contributed by atoms with E-state index in [1.165, 1.54) is 16.6 Å². The van der Waals surface area contributed by atoms with Crippen molar-refractivity contribution >= 4 is 6.71 Å². The maximum Gasteiger partial charge on any atom is 0.203 e. The molecule has 0 aliphatic carbocycles. The van der Waals surface area contributed by atoms with Crippen LogP contribution in [0, 0.1) is 0 Å². The Morgan fingerprint density at radius 1 is 1.12 bits per heavy atom. The summed E-state index contributed by atoms with van der Waals surface area (Å²) >= 11 is 0. The Balaban J connectivity index is 0. The van der Waals surface area contributed by atoms with E-state index in [1.807, 2.05) is 26.0 Å². The molecule has 0 unspecified atom stereocenters. The monoisotopic (exact) mass is 339 g/mol. The lowest BCUT2D eigenvalue weighted by Crippen LogP contribution is -2.25. The summed E-state index contributed by atoms with van der Waals surface area (Å²) in [5.74, 6) is 0. The molecule has 0 saturated heterocycles. The number of hydrogen-bond acceptors (Lipinski definition) is 1. The van der Waals surface area contributed by atoms with Crippen LogP contribution in [0.2, 0.25) is 6.82 Å². The van der Waals surface area contributed by atoms with Crippen molar-refractivity contribution in [3.63, 3.8) is 0 Å². The summed E-state index contributed by atoms with van der Waals surface area (Å²) in [4.78, 5) is 2.13. The fourth-order valence-electron chi connectivity index (χ4n) is 2.36. The van der Waals surface area contributed by atoms with Crippen molar-refractivity contribution in [1.82, 2.24) is 4.90 Å². The summed E-state index contributed by atoms with van der Waals surface area (Å²) in [6, 6.07) is 0. The van der Waals surface area contributed by atoms with Crippen LogP contribution in [0.25, 0.3) is 0 Å². The van der Waals surface area contributed by atoms with E-state index in [4.69, 9.17) is 0 Å². The van der Waals surface area contributed by atoms with Gasteiger partial charge in [-0.3, -0.25) is 0 Å². The van der Waals surface area contributed by atoms with Crippen LogP contribution in [0.3, 0.4) is 0 Å². The quantitative estimate of drug-likeness (QED) is 0.318. The third-order valence-electron chi connectivity index (χ3n) is 3.98. The van der Waals surface area contributed by atoms with Gasteiger partial charge in [-0.15, -0.1) is 0 Å². The molecule has 0 aromatic carbocycles. The van der Waals surface area contributed by atoms with Crippen molar-refractivity contribution in [1.29, 1.82) is 0 Å². The van der Waals surface area contributed by atoms with Crippen LogP contribution in [-0.4, -0.2) is 18.7 Å². The van der Waals surface area contributed by atoms with Gasteiger partial charge in [0.15, 0.2) is 0 Å². The van der Waals surface area contributed by atoms with Crippen LogP contribution in [0.5, 0.6) is 0 Å². The molecule has 0 saturated carbocycles. The zero-order valence-electron chi connectivity index (χ0n) is 17.8. The van der Waals surface area contributed by atoms with Crippen molar-refractivity contribution in [3.05, 3.63) is 84.1 Å². The molecule has 0 aromatic rings. The molecule has 0 heterocycles. The Hall–Kier alpha value is -1.96. The first-order chi connectivity index (χ1) is 11.9. The van der Waals surface area contributed by atoms with Crippen LogP contribution in [0.4, 0.5) is 0 Å². The third kappa shape index (κ3) is 9.19. The number of rotatable bonds is 9. The van der Waals surface area contributed by atoms with Gasteiger partial charge in [-0.1, -0.05) is 101 Å². The van der Waals surface area contributed by atoms with Gasteiger partial charge in [-0.25, -0.2) is 0 Å². The smallest absolute Gasteiger partial charge is 0.203 e. The average Bonchev–Trinajstić information content (AvgIpc) is 2.64. The highest BCUT2D eigenvalue weighted by Gasteiger charge is 2.20. The normalized spacial score (nSPS) is 12.9. The highest BCUT2D eigenvalue weighted by atomic mass is 15.1. The third-order valence-corrected chi connectivity index (χ3v) is 3.98. The maximum absolute atomic E-state index is 4.14. The highest BCUT2D eigenvalue weighted by Crippen LogP contribution is 2.24. The maximum atomic E-state index is 4.14. The minimum absolute atomic E-state index is 0.353. The van der Waals surface area contributed by atoms with Crippen LogP contribution >= 0.6 is 0 Å². The minimum Gasteiger partial charge on any atom is -0.346 e. The second-order valence-corrected chi connectivity index (χ2v) is 5.53. The van der Waals surface area contributed by atoms with Crippen LogP contribution < -0.4 is 0 Å². The van der Waals surface area contributed by atoms with E-state index in [-0.39, 0.29) is 0 Å². The molecule has 1 nitrogen and oxygen atoms in total. The van der Waals surface area contributed by atoms with Crippen LogP contribution in [-0.2, 0) is 0 Å². The van der Waals surface area contributed by atoms with Crippen molar-refractivity contribution in [2.75, 3.05) is 7.05 Å². The van der Waals surface area contributed by atoms with Gasteiger partial charge < -0.3 is 4.90 Å². The Labute approximate surface area is 158 Å². The van der Waals surface area contributed by atoms with E-state index in [1.54, 1.807) is 6.08 Å². The average molecular weight is 339 g/mol. The lowest BCUT2D eigenvalue weighted by molar-refractivity contribution is 0.551. The molecular formula is C23H38BN. The molecular weight excluding hydrogens is 301 g/mol. The molecule has 0 N–H and O–H groups in total. The van der Waals surface area contributed by atoms with E-state index in [0.29, 0.717) is 6.71 Å². The molecule has 0 spiro atoms. The summed E-state index contributed by atoms with van der Waals surface area (Å²) in [6.07, 6.45) is 17.6. The van der Waals surface area contributed by atoms with Gasteiger partial charge in [-0.2, -0.15) is 0 Å². The molecule has 0 aliphatic rings. The molecule has 25 heavy (non-hydrogen) atoms. The molecule has 0 fully saturated rings. The number of likely N-dealkylation sites (N-methyl/N-ethyl adjacent to an activating group) is 1. The van der Waals surface area contributed by atoms with Crippen LogP contribution in [0.1, 0.15) is 48.0 Å². The Bertz CT molecular complexity index is 544. The van der Waals surface area contributed by atoms with Gasteiger partial charge in [0.05, 0.1) is 0 Å². The second kappa shape index (κ2) is 15.6. The first-order valence-corrected chi connectivity index (χ1v) is 9.32. The first-order valence-electron chi connectivity index (χ1n) is 9.32. The summed E-state index contributed by atoms with van der Waals surface area (Å²) in [6.45, 7) is 23.0. The van der Waals surface area contributed by atoms with E-state index in [0.717, 1.165) is 12.1 Å². The number of allylic oxidation sites excluding steroid dienone is 10. The first kappa shape index (κ1) is 25.3. The van der Waals surface area contributed by atoms with Gasteiger partial charge in [0, 0.05) is 18.4 Å². The van der Waals surface area contributed by atoms with E-state index < -0.39 is 0 Å². The predicted octanol–water partition coefficient (Wildman–Crippen LogP) is 7.17. The molecule has 0 aromatic heterocycles.